The Balaban J connectivity index is 1.81. The van der Waals surface area contributed by atoms with Gasteiger partial charge in [0.05, 0.1) is 0 Å². The van der Waals surface area contributed by atoms with Crippen LogP contribution in [0.1, 0.15) is 56.5 Å². The Morgan fingerprint density at radius 2 is 1.93 bits per heavy atom. The first-order valence-electron chi connectivity index (χ1n) is 10.5. The highest BCUT2D eigenvalue weighted by molar-refractivity contribution is 6.30. The van der Waals surface area contributed by atoms with Crippen molar-refractivity contribution in [3.8, 4) is 0 Å². The molecule has 0 amide bonds. The highest BCUT2D eigenvalue weighted by Crippen LogP contribution is 2.34. The summed E-state index contributed by atoms with van der Waals surface area (Å²) in [5.41, 5.74) is 21.4. The smallest absolute Gasteiger partial charge is 0.226 e. The maximum absolute atomic E-state index is 6.28. The van der Waals surface area contributed by atoms with Crippen LogP contribution in [0.5, 0.6) is 0 Å². The molecule has 2 heterocycles. The molecule has 1 unspecified atom stereocenters. The molecule has 1 aromatic carbocycles. The van der Waals surface area contributed by atoms with Crippen LogP contribution < -0.4 is 22.5 Å². The molecule has 3 aromatic rings. The lowest BCUT2D eigenvalue weighted by atomic mass is 9.95. The van der Waals surface area contributed by atoms with Crippen molar-refractivity contribution in [2.45, 2.75) is 57.5 Å². The summed E-state index contributed by atoms with van der Waals surface area (Å²) in [4.78, 5) is 14.0. The number of nitrogens with two attached hydrogens (primary N) is 3. The third-order valence-corrected chi connectivity index (χ3v) is 5.85. The van der Waals surface area contributed by atoms with Crippen molar-refractivity contribution in [3.05, 3.63) is 34.6 Å². The van der Waals surface area contributed by atoms with Gasteiger partial charge in [-0.2, -0.15) is 9.97 Å². The van der Waals surface area contributed by atoms with Crippen molar-refractivity contribution >= 4 is 40.2 Å². The van der Waals surface area contributed by atoms with E-state index in [-0.39, 0.29) is 6.04 Å². The van der Waals surface area contributed by atoms with Gasteiger partial charge in [-0.3, -0.25) is 0 Å². The van der Waals surface area contributed by atoms with Gasteiger partial charge in [0.2, 0.25) is 5.95 Å². The summed E-state index contributed by atoms with van der Waals surface area (Å²) in [6.45, 7) is 2.49. The van der Waals surface area contributed by atoms with Gasteiger partial charge in [0, 0.05) is 35.8 Å². The fourth-order valence-corrected chi connectivity index (χ4v) is 4.31. The van der Waals surface area contributed by atoms with Gasteiger partial charge in [-0.1, -0.05) is 30.9 Å². The van der Waals surface area contributed by atoms with E-state index in [0.29, 0.717) is 47.0 Å². The van der Waals surface area contributed by atoms with Crippen molar-refractivity contribution in [2.24, 2.45) is 5.73 Å². The molecule has 1 aliphatic carbocycles. The summed E-state index contributed by atoms with van der Waals surface area (Å²) in [6, 6.07) is 5.83. The zero-order chi connectivity index (χ0) is 21.3. The van der Waals surface area contributed by atoms with Crippen molar-refractivity contribution < 1.29 is 0 Å². The van der Waals surface area contributed by atoms with Crippen molar-refractivity contribution in [2.75, 3.05) is 23.3 Å². The number of nitrogens with one attached hydrogen (secondary N) is 1. The standard InChI is InChI=1S/C21H29ClN8/c1-12(23)11-26-21-28-19(25)18-20(29-21)30(15-5-3-2-4-6-15)17(27-18)10-13-9-14(22)7-8-16(13)24/h7-9,12,15H,2-6,10-11,23-24H2,1H3,(H3,25,26,28,29). The summed E-state index contributed by atoms with van der Waals surface area (Å²) in [6.07, 6.45) is 6.39. The van der Waals surface area contributed by atoms with E-state index in [1.54, 1.807) is 6.07 Å². The number of hydrogen-bond donors (Lipinski definition) is 4. The first kappa shape index (κ1) is 20.7. The lowest BCUT2D eigenvalue weighted by molar-refractivity contribution is 0.352. The Kier molecular flexibility index (Phi) is 5.97. The highest BCUT2D eigenvalue weighted by atomic mass is 35.5. The van der Waals surface area contributed by atoms with Crippen LogP contribution in [0.15, 0.2) is 18.2 Å². The first-order chi connectivity index (χ1) is 14.4. The third kappa shape index (κ3) is 4.29. The van der Waals surface area contributed by atoms with E-state index in [4.69, 9.17) is 38.8 Å². The number of aromatic nitrogens is 4. The molecule has 9 heteroatoms. The van der Waals surface area contributed by atoms with Crippen LogP contribution in [-0.4, -0.2) is 32.1 Å². The van der Waals surface area contributed by atoms with Crippen molar-refractivity contribution in [1.82, 2.24) is 19.5 Å². The molecule has 1 fully saturated rings. The minimum Gasteiger partial charge on any atom is -0.398 e. The number of hydrogen-bond acceptors (Lipinski definition) is 7. The number of anilines is 3. The summed E-state index contributed by atoms with van der Waals surface area (Å²) in [7, 11) is 0. The zero-order valence-corrected chi connectivity index (χ0v) is 18.0. The second-order valence-electron chi connectivity index (χ2n) is 8.17. The summed E-state index contributed by atoms with van der Waals surface area (Å²) >= 11 is 6.21. The average Bonchev–Trinajstić information content (AvgIpc) is 3.08. The molecule has 4 rings (SSSR count). The van der Waals surface area contributed by atoms with Crippen LogP contribution in [-0.2, 0) is 6.42 Å². The quantitative estimate of drug-likeness (QED) is 0.441. The second kappa shape index (κ2) is 8.65. The van der Waals surface area contributed by atoms with E-state index < -0.39 is 0 Å². The Bertz CT molecular complexity index is 1040. The van der Waals surface area contributed by atoms with Crippen LogP contribution in [0.2, 0.25) is 5.02 Å². The summed E-state index contributed by atoms with van der Waals surface area (Å²) in [5.74, 6) is 1.72. The van der Waals surface area contributed by atoms with Crippen molar-refractivity contribution in [3.63, 3.8) is 0 Å². The van der Waals surface area contributed by atoms with Gasteiger partial charge in [0.1, 0.15) is 5.82 Å². The van der Waals surface area contributed by atoms with Gasteiger partial charge in [0.25, 0.3) is 0 Å². The third-order valence-electron chi connectivity index (χ3n) is 5.62. The van der Waals surface area contributed by atoms with Gasteiger partial charge in [0.15, 0.2) is 17.0 Å². The molecule has 30 heavy (non-hydrogen) atoms. The number of halogens is 1. The molecule has 2 aromatic heterocycles. The Labute approximate surface area is 181 Å². The zero-order valence-electron chi connectivity index (χ0n) is 17.2. The number of nitrogens with zero attached hydrogens (tertiary/aromatic N) is 4. The maximum atomic E-state index is 6.28. The van der Waals surface area contributed by atoms with Gasteiger partial charge in [-0.25, -0.2) is 4.98 Å². The molecule has 0 saturated heterocycles. The van der Waals surface area contributed by atoms with Gasteiger partial charge in [-0.15, -0.1) is 0 Å². The minimum absolute atomic E-state index is 0.0184. The maximum Gasteiger partial charge on any atom is 0.226 e. The van der Waals surface area contributed by atoms with E-state index in [2.05, 4.69) is 14.9 Å². The fraction of sp³-hybridized carbons (Fsp3) is 0.476. The molecule has 1 saturated carbocycles. The normalized spacial score (nSPS) is 16.1. The van der Waals surface area contributed by atoms with Crippen LogP contribution in [0.25, 0.3) is 11.2 Å². The molecular weight excluding hydrogens is 400 g/mol. The lowest BCUT2D eigenvalue weighted by Crippen LogP contribution is -2.26. The molecule has 0 radical (unpaired) electrons. The average molecular weight is 429 g/mol. The number of nitrogen functional groups attached to an aromatic ring is 2. The van der Waals surface area contributed by atoms with Crippen LogP contribution in [0, 0.1) is 0 Å². The molecule has 1 atom stereocenters. The van der Waals surface area contributed by atoms with E-state index >= 15 is 0 Å². The van der Waals surface area contributed by atoms with E-state index in [1.807, 2.05) is 19.1 Å². The number of imidazole rings is 1. The Morgan fingerprint density at radius 1 is 1.17 bits per heavy atom. The van der Waals surface area contributed by atoms with Gasteiger partial charge in [-0.05, 0) is 43.5 Å². The Morgan fingerprint density at radius 3 is 2.67 bits per heavy atom. The Hall–Kier alpha value is -2.58. The van der Waals surface area contributed by atoms with E-state index in [0.717, 1.165) is 29.9 Å². The lowest BCUT2D eigenvalue weighted by Gasteiger charge is -2.25. The molecule has 1 aliphatic rings. The monoisotopic (exact) mass is 428 g/mol. The van der Waals surface area contributed by atoms with E-state index in [1.165, 1.54) is 19.3 Å². The molecule has 8 nitrogen and oxygen atoms in total. The summed E-state index contributed by atoms with van der Waals surface area (Å²) < 4.78 is 2.24. The van der Waals surface area contributed by atoms with Gasteiger partial charge >= 0.3 is 0 Å². The predicted molar refractivity (Wildman–Crippen MR) is 123 cm³/mol. The van der Waals surface area contributed by atoms with Gasteiger partial charge < -0.3 is 27.1 Å². The second-order valence-corrected chi connectivity index (χ2v) is 8.61. The van der Waals surface area contributed by atoms with Crippen LogP contribution in [0.4, 0.5) is 17.5 Å². The van der Waals surface area contributed by atoms with Crippen molar-refractivity contribution in [1.29, 1.82) is 0 Å². The largest absolute Gasteiger partial charge is 0.398 e. The molecule has 0 bridgehead atoms. The predicted octanol–water partition coefficient (Wildman–Crippen LogP) is 3.50. The molecule has 0 aliphatic heterocycles. The molecule has 0 spiro atoms. The fourth-order valence-electron chi connectivity index (χ4n) is 4.12. The van der Waals surface area contributed by atoms with Crippen LogP contribution >= 0.6 is 11.6 Å². The first-order valence-corrected chi connectivity index (χ1v) is 10.9. The topological polar surface area (TPSA) is 134 Å². The highest BCUT2D eigenvalue weighted by Gasteiger charge is 2.25. The summed E-state index contributed by atoms with van der Waals surface area (Å²) in [5, 5.41) is 3.83. The molecule has 160 valence electrons. The number of fused-ring (bicyclic) bond motifs is 1. The molecular formula is C21H29ClN8. The SMILES string of the molecule is CC(N)CNc1nc(N)c2nc(Cc3cc(Cl)ccc3N)n(C3CCCCC3)c2n1. The number of rotatable bonds is 6. The number of benzene rings is 1. The van der Waals surface area contributed by atoms with E-state index in [9.17, 15) is 0 Å². The minimum atomic E-state index is -0.0184. The van der Waals surface area contributed by atoms with Crippen LogP contribution in [0.3, 0.4) is 0 Å². The molecule has 7 N–H and O–H groups in total.